The van der Waals surface area contributed by atoms with E-state index < -0.39 is 0 Å². The average molecular weight is 388 g/mol. The fourth-order valence-electron chi connectivity index (χ4n) is 3.52. The molecule has 0 aliphatic heterocycles. The zero-order valence-corrected chi connectivity index (χ0v) is 16.7. The first-order chi connectivity index (χ1) is 12.7. The summed E-state index contributed by atoms with van der Waals surface area (Å²) in [6.07, 6.45) is 3.57. The van der Waals surface area contributed by atoms with E-state index in [-0.39, 0.29) is 5.82 Å². The Kier molecular flexibility index (Phi) is 5.14. The zero-order valence-electron chi connectivity index (χ0n) is 15.0. The third kappa shape index (κ3) is 3.45. The molecule has 3 aromatic rings. The second-order valence-corrected chi connectivity index (χ2v) is 8.77. The van der Waals surface area contributed by atoms with Gasteiger partial charge in [0.2, 0.25) is 0 Å². The molecule has 6 heteroatoms. The molecule has 1 unspecified atom stereocenters. The van der Waals surface area contributed by atoms with Crippen LogP contribution in [0.15, 0.2) is 34.8 Å². The Hall–Kier alpha value is -1.66. The summed E-state index contributed by atoms with van der Waals surface area (Å²) in [5.74, 6) is 2.24. The molecular formula is C20H22FN3S2. The molecule has 26 heavy (non-hydrogen) atoms. The number of thiophene rings is 1. The van der Waals surface area contributed by atoms with Gasteiger partial charge in [-0.25, -0.2) is 4.39 Å². The van der Waals surface area contributed by atoms with E-state index in [0.29, 0.717) is 5.75 Å². The summed E-state index contributed by atoms with van der Waals surface area (Å²) in [7, 11) is 0. The highest BCUT2D eigenvalue weighted by molar-refractivity contribution is 7.98. The van der Waals surface area contributed by atoms with Crippen LogP contribution in [-0.4, -0.2) is 14.8 Å². The van der Waals surface area contributed by atoms with Gasteiger partial charge >= 0.3 is 0 Å². The van der Waals surface area contributed by atoms with Crippen molar-refractivity contribution in [2.75, 3.05) is 0 Å². The Morgan fingerprint density at radius 1 is 1.35 bits per heavy atom. The van der Waals surface area contributed by atoms with Crippen molar-refractivity contribution in [1.29, 1.82) is 0 Å². The summed E-state index contributed by atoms with van der Waals surface area (Å²) < 4.78 is 15.6. The summed E-state index contributed by atoms with van der Waals surface area (Å²) in [6.45, 7) is 5.28. The van der Waals surface area contributed by atoms with Gasteiger partial charge in [0.15, 0.2) is 11.0 Å². The Bertz CT molecular complexity index is 916. The smallest absolute Gasteiger partial charge is 0.191 e. The lowest BCUT2D eigenvalue weighted by atomic mass is 9.88. The van der Waals surface area contributed by atoms with Gasteiger partial charge in [-0.3, -0.25) is 0 Å². The monoisotopic (exact) mass is 387 g/mol. The molecule has 0 saturated carbocycles. The average Bonchev–Trinajstić information content (AvgIpc) is 3.22. The van der Waals surface area contributed by atoms with E-state index in [2.05, 4.69) is 34.0 Å². The van der Waals surface area contributed by atoms with E-state index in [9.17, 15) is 4.39 Å². The lowest BCUT2D eigenvalue weighted by molar-refractivity contribution is 0.508. The Balaban J connectivity index is 1.59. The maximum atomic E-state index is 13.4. The quantitative estimate of drug-likeness (QED) is 0.535. The number of fused-ring (bicyclic) bond motifs is 1. The van der Waals surface area contributed by atoms with E-state index >= 15 is 0 Å². The summed E-state index contributed by atoms with van der Waals surface area (Å²) >= 11 is 3.48. The molecular weight excluding hydrogens is 365 g/mol. The van der Waals surface area contributed by atoms with Gasteiger partial charge in [0.05, 0.1) is 0 Å². The number of aromatic nitrogens is 3. The van der Waals surface area contributed by atoms with Gasteiger partial charge in [-0.1, -0.05) is 30.8 Å². The summed E-state index contributed by atoms with van der Waals surface area (Å²) in [6, 6.07) is 6.75. The molecule has 0 radical (unpaired) electrons. The standard InChI is InChI=1S/C20H22FN3S2/c1-3-24-19(17-12-25-18-9-13(2)7-8-16(17)18)22-23-20(24)26-11-14-5-4-6-15(21)10-14/h4-6,10,12-13H,3,7-9,11H2,1-2H3. The van der Waals surface area contributed by atoms with Crippen molar-refractivity contribution in [2.24, 2.45) is 5.92 Å². The minimum atomic E-state index is -0.195. The van der Waals surface area contributed by atoms with Crippen molar-refractivity contribution in [3.63, 3.8) is 0 Å². The maximum Gasteiger partial charge on any atom is 0.191 e. The third-order valence-electron chi connectivity index (χ3n) is 4.93. The second-order valence-electron chi connectivity index (χ2n) is 6.87. The fourth-order valence-corrected chi connectivity index (χ4v) is 5.71. The van der Waals surface area contributed by atoms with E-state index in [1.165, 1.54) is 34.9 Å². The molecule has 0 fully saturated rings. The van der Waals surface area contributed by atoms with Gasteiger partial charge in [-0.05, 0) is 55.4 Å². The number of hydrogen-bond acceptors (Lipinski definition) is 4. The van der Waals surface area contributed by atoms with E-state index in [1.807, 2.05) is 17.4 Å². The van der Waals surface area contributed by atoms with Crippen LogP contribution in [-0.2, 0) is 25.1 Å². The Morgan fingerprint density at radius 2 is 2.23 bits per heavy atom. The number of rotatable bonds is 5. The fraction of sp³-hybridized carbons (Fsp3) is 0.400. The van der Waals surface area contributed by atoms with Crippen LogP contribution < -0.4 is 0 Å². The minimum absolute atomic E-state index is 0.195. The largest absolute Gasteiger partial charge is 0.302 e. The second kappa shape index (κ2) is 7.53. The summed E-state index contributed by atoms with van der Waals surface area (Å²) in [5, 5.41) is 12.1. The number of halogens is 1. The van der Waals surface area contributed by atoms with Crippen LogP contribution in [0.25, 0.3) is 11.4 Å². The first-order valence-corrected chi connectivity index (χ1v) is 10.9. The molecule has 1 aliphatic rings. The maximum absolute atomic E-state index is 13.4. The molecule has 4 rings (SSSR count). The van der Waals surface area contributed by atoms with Crippen molar-refractivity contribution in [2.45, 2.75) is 50.6 Å². The van der Waals surface area contributed by atoms with Crippen molar-refractivity contribution < 1.29 is 4.39 Å². The molecule has 136 valence electrons. The SMILES string of the molecule is CCn1c(SCc2cccc(F)c2)nnc1-c1csc2c1CCC(C)C2. The lowest BCUT2D eigenvalue weighted by Gasteiger charge is -2.19. The van der Waals surface area contributed by atoms with Crippen LogP contribution in [0.2, 0.25) is 0 Å². The van der Waals surface area contributed by atoms with Gasteiger partial charge in [0.1, 0.15) is 5.82 Å². The molecule has 2 aromatic heterocycles. The van der Waals surface area contributed by atoms with Gasteiger partial charge < -0.3 is 4.57 Å². The van der Waals surface area contributed by atoms with Gasteiger partial charge in [0, 0.05) is 28.1 Å². The van der Waals surface area contributed by atoms with Crippen LogP contribution >= 0.6 is 23.1 Å². The van der Waals surface area contributed by atoms with Crippen LogP contribution in [0.1, 0.15) is 36.3 Å². The third-order valence-corrected chi connectivity index (χ3v) is 7.02. The summed E-state index contributed by atoms with van der Waals surface area (Å²) in [4.78, 5) is 1.51. The molecule has 0 amide bonds. The van der Waals surface area contributed by atoms with Gasteiger partial charge in [0.25, 0.3) is 0 Å². The topological polar surface area (TPSA) is 30.7 Å². The summed E-state index contributed by atoms with van der Waals surface area (Å²) in [5.41, 5.74) is 3.69. The van der Waals surface area contributed by atoms with Crippen LogP contribution in [0.5, 0.6) is 0 Å². The van der Waals surface area contributed by atoms with Crippen LogP contribution in [0.4, 0.5) is 4.39 Å². The molecule has 0 N–H and O–H groups in total. The molecule has 2 heterocycles. The van der Waals surface area contributed by atoms with Gasteiger partial charge in [-0.2, -0.15) is 0 Å². The molecule has 0 spiro atoms. The highest BCUT2D eigenvalue weighted by Gasteiger charge is 2.24. The van der Waals surface area contributed by atoms with Crippen molar-refractivity contribution >= 4 is 23.1 Å². The first kappa shape index (κ1) is 17.7. The molecule has 0 saturated heterocycles. The van der Waals surface area contributed by atoms with E-state index in [4.69, 9.17) is 0 Å². The molecule has 0 bridgehead atoms. The highest BCUT2D eigenvalue weighted by Crippen LogP contribution is 2.38. The Morgan fingerprint density at radius 3 is 3.04 bits per heavy atom. The van der Waals surface area contributed by atoms with E-state index in [1.54, 1.807) is 23.9 Å². The first-order valence-electron chi connectivity index (χ1n) is 9.05. The minimum Gasteiger partial charge on any atom is -0.302 e. The van der Waals surface area contributed by atoms with Crippen molar-refractivity contribution in [1.82, 2.24) is 14.8 Å². The number of nitrogens with zero attached hydrogens (tertiary/aromatic N) is 3. The highest BCUT2D eigenvalue weighted by atomic mass is 32.2. The Labute approximate surface area is 161 Å². The zero-order chi connectivity index (χ0) is 18.1. The normalized spacial score (nSPS) is 16.7. The molecule has 3 nitrogen and oxygen atoms in total. The van der Waals surface area contributed by atoms with Crippen molar-refractivity contribution in [3.8, 4) is 11.4 Å². The predicted octanol–water partition coefficient (Wildman–Crippen LogP) is 5.58. The number of benzene rings is 1. The van der Waals surface area contributed by atoms with Crippen molar-refractivity contribution in [3.05, 3.63) is 51.5 Å². The molecule has 1 aromatic carbocycles. The van der Waals surface area contributed by atoms with Gasteiger partial charge in [-0.15, -0.1) is 21.5 Å². The molecule has 1 atom stereocenters. The lowest BCUT2D eigenvalue weighted by Crippen LogP contribution is -2.10. The number of hydrogen-bond donors (Lipinski definition) is 0. The van der Waals surface area contributed by atoms with Crippen LogP contribution in [0, 0.1) is 11.7 Å². The number of thioether (sulfide) groups is 1. The predicted molar refractivity (Wildman–Crippen MR) is 106 cm³/mol. The van der Waals surface area contributed by atoms with Crippen LogP contribution in [0.3, 0.4) is 0 Å². The van der Waals surface area contributed by atoms with E-state index in [0.717, 1.165) is 35.4 Å². The molecule has 1 aliphatic carbocycles.